The molecule has 1 heterocycles. The maximum Gasteiger partial charge on any atom is 0.210 e. The van der Waals surface area contributed by atoms with E-state index in [4.69, 9.17) is 5.84 Å². The monoisotopic (exact) mass is 392 g/mol. The topological polar surface area (TPSA) is 56.7 Å². The number of thioether (sulfide) groups is 2. The van der Waals surface area contributed by atoms with Crippen LogP contribution in [0.5, 0.6) is 0 Å². The zero-order valence-electron chi connectivity index (χ0n) is 15.0. The van der Waals surface area contributed by atoms with Crippen molar-refractivity contribution in [2.75, 3.05) is 12.1 Å². The minimum absolute atomic E-state index is 0.661. The third-order valence-corrected chi connectivity index (χ3v) is 6.25. The first-order chi connectivity index (χ1) is 13.2. The fourth-order valence-corrected chi connectivity index (χ4v) is 4.25. The van der Waals surface area contributed by atoms with Crippen LogP contribution in [0.25, 0.3) is 10.8 Å². The van der Waals surface area contributed by atoms with E-state index in [-0.39, 0.29) is 0 Å². The summed E-state index contributed by atoms with van der Waals surface area (Å²) in [5.74, 6) is 7.86. The normalized spacial score (nSPS) is 11.1. The van der Waals surface area contributed by atoms with E-state index in [2.05, 4.69) is 83.2 Å². The summed E-state index contributed by atoms with van der Waals surface area (Å²) in [5, 5.41) is 11.8. The van der Waals surface area contributed by atoms with Gasteiger partial charge in [-0.05, 0) is 40.3 Å². The summed E-state index contributed by atoms with van der Waals surface area (Å²) < 4.78 is 1.61. The predicted octanol–water partition coefficient (Wildman–Crippen LogP) is 4.75. The largest absolute Gasteiger partial charge is 0.336 e. The summed E-state index contributed by atoms with van der Waals surface area (Å²) in [5.41, 5.74) is 2.45. The molecule has 0 fully saturated rings. The Morgan fingerprint density at radius 3 is 2.52 bits per heavy atom. The van der Waals surface area contributed by atoms with Crippen molar-refractivity contribution in [1.82, 2.24) is 14.9 Å². The van der Waals surface area contributed by atoms with Crippen LogP contribution in [-0.2, 0) is 12.2 Å². The van der Waals surface area contributed by atoms with Crippen LogP contribution >= 0.6 is 23.5 Å². The molecule has 0 aliphatic rings. The number of hydrogen-bond acceptors (Lipinski definition) is 5. The summed E-state index contributed by atoms with van der Waals surface area (Å²) in [6, 6.07) is 23.3. The van der Waals surface area contributed by atoms with Crippen LogP contribution in [-0.4, -0.2) is 21.1 Å². The van der Waals surface area contributed by atoms with Crippen molar-refractivity contribution in [2.45, 2.75) is 22.2 Å². The van der Waals surface area contributed by atoms with Crippen molar-refractivity contribution >= 4 is 34.3 Å². The molecular formula is C21H20N4S2. The van der Waals surface area contributed by atoms with Crippen LogP contribution in [0.15, 0.2) is 76.8 Å². The van der Waals surface area contributed by atoms with Gasteiger partial charge in [-0.25, -0.2) is 4.68 Å². The lowest BCUT2D eigenvalue weighted by Gasteiger charge is -2.07. The quantitative estimate of drug-likeness (QED) is 0.379. The molecular weight excluding hydrogens is 372 g/mol. The summed E-state index contributed by atoms with van der Waals surface area (Å²) in [6.07, 6.45) is 2.74. The SMILES string of the molecule is CSc1ccc(CSc2nnc(Cc3cccc4ccccc34)n2N)cc1. The van der Waals surface area contributed by atoms with Gasteiger partial charge < -0.3 is 5.84 Å². The van der Waals surface area contributed by atoms with E-state index in [9.17, 15) is 0 Å². The molecule has 0 radical (unpaired) electrons. The summed E-state index contributed by atoms with van der Waals surface area (Å²) >= 11 is 3.35. The Balaban J connectivity index is 1.50. The minimum Gasteiger partial charge on any atom is -0.336 e. The Hall–Kier alpha value is -2.44. The first-order valence-electron chi connectivity index (χ1n) is 8.66. The first-order valence-corrected chi connectivity index (χ1v) is 10.9. The summed E-state index contributed by atoms with van der Waals surface area (Å²) in [7, 11) is 0. The van der Waals surface area contributed by atoms with Crippen LogP contribution in [0.3, 0.4) is 0 Å². The van der Waals surface area contributed by atoms with Crippen molar-refractivity contribution in [3.63, 3.8) is 0 Å². The standard InChI is InChI=1S/C21H20N4S2/c1-26-18-11-9-15(10-12-18)14-27-21-24-23-20(25(21)22)13-17-7-4-6-16-5-2-3-8-19(16)17/h2-12H,13-14,22H2,1H3. The number of fused-ring (bicyclic) bond motifs is 1. The first kappa shape index (κ1) is 17.9. The highest BCUT2D eigenvalue weighted by Crippen LogP contribution is 2.24. The third-order valence-electron chi connectivity index (χ3n) is 4.49. The lowest BCUT2D eigenvalue weighted by molar-refractivity contribution is 0.806. The lowest BCUT2D eigenvalue weighted by atomic mass is 10.0. The third kappa shape index (κ3) is 3.96. The number of rotatable bonds is 6. The second-order valence-electron chi connectivity index (χ2n) is 6.22. The molecule has 0 unspecified atom stereocenters. The van der Waals surface area contributed by atoms with E-state index >= 15 is 0 Å². The molecule has 0 aliphatic carbocycles. The van der Waals surface area contributed by atoms with E-state index in [0.29, 0.717) is 6.42 Å². The summed E-state index contributed by atoms with van der Waals surface area (Å²) in [6.45, 7) is 0. The molecule has 0 amide bonds. The Bertz CT molecular complexity index is 1050. The van der Waals surface area contributed by atoms with Crippen LogP contribution in [0, 0.1) is 0 Å². The smallest absolute Gasteiger partial charge is 0.210 e. The van der Waals surface area contributed by atoms with Gasteiger partial charge in [0.1, 0.15) is 0 Å². The van der Waals surface area contributed by atoms with Crippen molar-refractivity contribution in [3.8, 4) is 0 Å². The highest BCUT2D eigenvalue weighted by Gasteiger charge is 2.12. The molecule has 4 nitrogen and oxygen atoms in total. The van der Waals surface area contributed by atoms with Gasteiger partial charge in [-0.3, -0.25) is 0 Å². The number of benzene rings is 3. The molecule has 3 aromatic carbocycles. The van der Waals surface area contributed by atoms with Crippen LogP contribution in [0.2, 0.25) is 0 Å². The highest BCUT2D eigenvalue weighted by atomic mass is 32.2. The molecule has 136 valence electrons. The molecule has 6 heteroatoms. The van der Waals surface area contributed by atoms with E-state index in [1.54, 1.807) is 28.2 Å². The van der Waals surface area contributed by atoms with Crippen LogP contribution in [0.4, 0.5) is 0 Å². The average molecular weight is 393 g/mol. The summed E-state index contributed by atoms with van der Waals surface area (Å²) in [4.78, 5) is 1.27. The number of nitrogens with two attached hydrogens (primary N) is 1. The molecule has 0 saturated heterocycles. The van der Waals surface area contributed by atoms with Gasteiger partial charge in [0.2, 0.25) is 5.16 Å². The molecule has 27 heavy (non-hydrogen) atoms. The van der Waals surface area contributed by atoms with Gasteiger partial charge in [0.05, 0.1) is 0 Å². The average Bonchev–Trinajstić information content (AvgIpc) is 3.06. The number of hydrogen-bond donors (Lipinski definition) is 1. The lowest BCUT2D eigenvalue weighted by Crippen LogP contribution is -2.14. The van der Waals surface area contributed by atoms with Crippen molar-refractivity contribution in [1.29, 1.82) is 0 Å². The minimum atomic E-state index is 0.661. The fourth-order valence-electron chi connectivity index (χ4n) is 3.01. The Labute approximate surface area is 167 Å². The van der Waals surface area contributed by atoms with Crippen LogP contribution in [0.1, 0.15) is 17.0 Å². The second-order valence-corrected chi connectivity index (χ2v) is 8.04. The highest BCUT2D eigenvalue weighted by molar-refractivity contribution is 7.98. The van der Waals surface area contributed by atoms with Crippen LogP contribution < -0.4 is 5.84 Å². The van der Waals surface area contributed by atoms with Gasteiger partial charge in [-0.15, -0.1) is 22.0 Å². The maximum atomic E-state index is 6.27. The predicted molar refractivity (Wildman–Crippen MR) is 115 cm³/mol. The van der Waals surface area contributed by atoms with E-state index in [1.807, 2.05) is 0 Å². The molecule has 4 rings (SSSR count). The molecule has 4 aromatic rings. The maximum absolute atomic E-state index is 6.27. The molecule has 0 spiro atoms. The van der Waals surface area contributed by atoms with Crippen molar-refractivity contribution in [3.05, 3.63) is 83.7 Å². The molecule has 0 aliphatic heterocycles. The zero-order valence-corrected chi connectivity index (χ0v) is 16.6. The molecule has 2 N–H and O–H groups in total. The van der Waals surface area contributed by atoms with E-state index in [1.165, 1.54) is 26.8 Å². The Morgan fingerprint density at radius 1 is 0.926 bits per heavy atom. The number of nitrogens with zero attached hydrogens (tertiary/aromatic N) is 3. The second kappa shape index (κ2) is 8.06. The number of nitrogen functional groups attached to an aromatic ring is 1. The van der Waals surface area contributed by atoms with E-state index in [0.717, 1.165) is 16.7 Å². The zero-order chi connectivity index (χ0) is 18.6. The number of aromatic nitrogens is 3. The van der Waals surface area contributed by atoms with E-state index < -0.39 is 0 Å². The molecule has 0 bridgehead atoms. The van der Waals surface area contributed by atoms with Gasteiger partial charge in [0, 0.05) is 17.1 Å². The van der Waals surface area contributed by atoms with Gasteiger partial charge in [-0.2, -0.15) is 0 Å². The Kier molecular flexibility index (Phi) is 5.36. The van der Waals surface area contributed by atoms with Crippen molar-refractivity contribution in [2.24, 2.45) is 0 Å². The Morgan fingerprint density at radius 2 is 1.70 bits per heavy atom. The van der Waals surface area contributed by atoms with Gasteiger partial charge in [-0.1, -0.05) is 66.4 Å². The van der Waals surface area contributed by atoms with Gasteiger partial charge in [0.15, 0.2) is 5.82 Å². The molecule has 0 saturated carbocycles. The van der Waals surface area contributed by atoms with Gasteiger partial charge >= 0.3 is 0 Å². The van der Waals surface area contributed by atoms with Crippen molar-refractivity contribution < 1.29 is 0 Å². The fraction of sp³-hybridized carbons (Fsp3) is 0.143. The molecule has 1 aromatic heterocycles. The van der Waals surface area contributed by atoms with Gasteiger partial charge in [0.25, 0.3) is 0 Å². The molecule has 0 atom stereocenters.